The van der Waals surface area contributed by atoms with E-state index in [1.165, 1.54) is 11.1 Å². The molecule has 1 saturated carbocycles. The Kier molecular flexibility index (Phi) is 2.06. The fourth-order valence-electron chi connectivity index (χ4n) is 3.05. The van der Waals surface area contributed by atoms with Gasteiger partial charge in [0.1, 0.15) is 0 Å². The molecule has 84 valence electrons. The molecule has 2 nitrogen and oxygen atoms in total. The molecule has 2 aliphatic rings. The Balaban J connectivity index is 1.90. The molecule has 0 amide bonds. The number of esters is 1. The summed E-state index contributed by atoms with van der Waals surface area (Å²) in [5.41, 5.74) is 2.64. The minimum Gasteiger partial charge on any atom is -0.466 e. The number of hydrogen-bond acceptors (Lipinski definition) is 2. The Labute approximate surface area is 95.6 Å². The van der Waals surface area contributed by atoms with Crippen LogP contribution in [0.15, 0.2) is 24.3 Å². The van der Waals surface area contributed by atoms with Gasteiger partial charge in [0, 0.05) is 5.92 Å². The molecule has 1 aromatic rings. The van der Waals surface area contributed by atoms with Gasteiger partial charge in [0.25, 0.3) is 0 Å². The molecule has 1 aromatic carbocycles. The Bertz CT molecular complexity index is 438. The van der Waals surface area contributed by atoms with Crippen LogP contribution in [0, 0.1) is 5.41 Å². The van der Waals surface area contributed by atoms with Crippen LogP contribution in [0.25, 0.3) is 0 Å². The molecular weight excluding hydrogens is 200 g/mol. The molecule has 0 saturated heterocycles. The molecule has 0 bridgehead atoms. The van der Waals surface area contributed by atoms with Gasteiger partial charge in [-0.25, -0.2) is 0 Å². The summed E-state index contributed by atoms with van der Waals surface area (Å²) in [6.07, 6.45) is 2.97. The Hall–Kier alpha value is -1.31. The van der Waals surface area contributed by atoms with E-state index in [-0.39, 0.29) is 11.4 Å². The van der Waals surface area contributed by atoms with Crippen molar-refractivity contribution in [2.75, 3.05) is 6.61 Å². The van der Waals surface area contributed by atoms with Gasteiger partial charge < -0.3 is 4.74 Å². The van der Waals surface area contributed by atoms with Gasteiger partial charge >= 0.3 is 5.97 Å². The van der Waals surface area contributed by atoms with E-state index in [9.17, 15) is 4.79 Å². The lowest BCUT2D eigenvalue weighted by atomic mass is 9.84. The molecule has 0 aliphatic heterocycles. The molecule has 0 unspecified atom stereocenters. The lowest BCUT2D eigenvalue weighted by Gasteiger charge is -2.22. The third-order valence-corrected chi connectivity index (χ3v) is 4.03. The van der Waals surface area contributed by atoms with Crippen molar-refractivity contribution in [3.05, 3.63) is 35.4 Å². The van der Waals surface area contributed by atoms with Crippen molar-refractivity contribution in [1.29, 1.82) is 0 Å². The summed E-state index contributed by atoms with van der Waals surface area (Å²) in [7, 11) is 0. The van der Waals surface area contributed by atoms with Crippen molar-refractivity contribution >= 4 is 5.97 Å². The highest BCUT2D eigenvalue weighted by molar-refractivity contribution is 5.83. The van der Waals surface area contributed by atoms with Crippen molar-refractivity contribution in [2.45, 2.75) is 32.1 Å². The number of carbonyl (C=O) groups is 1. The second-order valence-electron chi connectivity index (χ2n) is 4.83. The number of carbonyl (C=O) groups excluding carboxylic acids is 1. The molecule has 3 rings (SSSR count). The maximum atomic E-state index is 11.9. The molecule has 0 heterocycles. The summed E-state index contributed by atoms with van der Waals surface area (Å²) < 4.78 is 5.20. The van der Waals surface area contributed by atoms with Gasteiger partial charge in [-0.3, -0.25) is 4.79 Å². The van der Waals surface area contributed by atoms with Crippen LogP contribution in [0.5, 0.6) is 0 Å². The highest BCUT2D eigenvalue weighted by Gasteiger charge is 2.63. The average molecular weight is 216 g/mol. The van der Waals surface area contributed by atoms with E-state index in [4.69, 9.17) is 4.74 Å². The summed E-state index contributed by atoms with van der Waals surface area (Å²) in [5.74, 6) is 0.450. The summed E-state index contributed by atoms with van der Waals surface area (Å²) >= 11 is 0. The first kappa shape index (κ1) is 9.88. The van der Waals surface area contributed by atoms with Crippen molar-refractivity contribution in [1.82, 2.24) is 0 Å². The molecule has 2 atom stereocenters. The zero-order chi connectivity index (χ0) is 11.2. The fourth-order valence-corrected chi connectivity index (χ4v) is 3.05. The number of rotatable bonds is 2. The second-order valence-corrected chi connectivity index (χ2v) is 4.83. The topological polar surface area (TPSA) is 26.3 Å². The first-order chi connectivity index (χ1) is 7.78. The van der Waals surface area contributed by atoms with E-state index in [2.05, 4.69) is 24.3 Å². The Morgan fingerprint density at radius 3 is 3.12 bits per heavy atom. The molecule has 1 fully saturated rings. The van der Waals surface area contributed by atoms with Gasteiger partial charge in [0.05, 0.1) is 12.0 Å². The average Bonchev–Trinajstić information content (AvgIpc) is 3.06. The number of fused-ring (bicyclic) bond motifs is 3. The Morgan fingerprint density at radius 1 is 1.50 bits per heavy atom. The van der Waals surface area contributed by atoms with Gasteiger partial charge in [-0.2, -0.15) is 0 Å². The minimum atomic E-state index is -0.162. The van der Waals surface area contributed by atoms with Crippen LogP contribution in [0.2, 0.25) is 0 Å². The number of ether oxygens (including phenoxy) is 1. The van der Waals surface area contributed by atoms with E-state index < -0.39 is 0 Å². The van der Waals surface area contributed by atoms with Crippen LogP contribution in [0.1, 0.15) is 36.8 Å². The summed E-state index contributed by atoms with van der Waals surface area (Å²) in [6, 6.07) is 8.50. The van der Waals surface area contributed by atoms with Crippen molar-refractivity contribution < 1.29 is 9.53 Å². The second kappa shape index (κ2) is 3.34. The smallest absolute Gasteiger partial charge is 0.312 e. The van der Waals surface area contributed by atoms with Crippen LogP contribution in [0.3, 0.4) is 0 Å². The standard InChI is InChI=1S/C14H16O2/c1-2-16-13(15)14-8-7-10-5-3-4-6-11(10)12(14)9-14/h3-6,12H,2,7-9H2,1H3/t12-,14+/m0/s1. The summed E-state index contributed by atoms with van der Waals surface area (Å²) in [4.78, 5) is 11.9. The van der Waals surface area contributed by atoms with E-state index in [1.54, 1.807) is 0 Å². The molecule has 0 N–H and O–H groups in total. The van der Waals surface area contributed by atoms with Crippen LogP contribution >= 0.6 is 0 Å². The number of hydrogen-bond donors (Lipinski definition) is 0. The zero-order valence-electron chi connectivity index (χ0n) is 9.53. The molecule has 0 aromatic heterocycles. The maximum absolute atomic E-state index is 11.9. The van der Waals surface area contributed by atoms with Crippen molar-refractivity contribution in [2.24, 2.45) is 5.41 Å². The quantitative estimate of drug-likeness (QED) is 0.710. The van der Waals surface area contributed by atoms with Gasteiger partial charge in [0.15, 0.2) is 0 Å². The molecule has 2 aliphatic carbocycles. The summed E-state index contributed by atoms with van der Waals surface area (Å²) in [6.45, 7) is 2.37. The van der Waals surface area contributed by atoms with Crippen molar-refractivity contribution in [3.63, 3.8) is 0 Å². The zero-order valence-corrected chi connectivity index (χ0v) is 9.53. The molecule has 0 spiro atoms. The van der Waals surface area contributed by atoms with Crippen LogP contribution < -0.4 is 0 Å². The highest BCUT2D eigenvalue weighted by Crippen LogP contribution is 2.65. The van der Waals surface area contributed by atoms with E-state index in [0.717, 1.165) is 19.3 Å². The van der Waals surface area contributed by atoms with Gasteiger partial charge in [0.2, 0.25) is 0 Å². The lowest BCUT2D eigenvalue weighted by Crippen LogP contribution is -2.24. The largest absolute Gasteiger partial charge is 0.466 e. The number of aryl methyl sites for hydroxylation is 1. The van der Waals surface area contributed by atoms with Gasteiger partial charge in [-0.1, -0.05) is 24.3 Å². The van der Waals surface area contributed by atoms with Crippen molar-refractivity contribution in [3.8, 4) is 0 Å². The Morgan fingerprint density at radius 2 is 2.31 bits per heavy atom. The third-order valence-electron chi connectivity index (χ3n) is 4.03. The van der Waals surface area contributed by atoms with Crippen LogP contribution in [-0.4, -0.2) is 12.6 Å². The van der Waals surface area contributed by atoms with Gasteiger partial charge in [-0.15, -0.1) is 0 Å². The first-order valence-corrected chi connectivity index (χ1v) is 6.03. The van der Waals surface area contributed by atoms with E-state index >= 15 is 0 Å². The summed E-state index contributed by atoms with van der Waals surface area (Å²) in [5, 5.41) is 0. The fraction of sp³-hybridized carbons (Fsp3) is 0.500. The third kappa shape index (κ3) is 1.22. The van der Waals surface area contributed by atoms with Crippen LogP contribution in [0.4, 0.5) is 0 Å². The molecule has 0 radical (unpaired) electrons. The molecular formula is C14H16O2. The maximum Gasteiger partial charge on any atom is 0.312 e. The predicted molar refractivity (Wildman–Crippen MR) is 61.2 cm³/mol. The number of benzene rings is 1. The SMILES string of the molecule is CCOC(=O)[C@@]12CCc3ccccc3[C@@H]1C2. The predicted octanol–water partition coefficient (Wildman–Crippen LogP) is 2.67. The van der Waals surface area contributed by atoms with E-state index in [0.29, 0.717) is 12.5 Å². The first-order valence-electron chi connectivity index (χ1n) is 6.03. The minimum absolute atomic E-state index is 0.0227. The molecule has 2 heteroatoms. The molecule has 16 heavy (non-hydrogen) atoms. The van der Waals surface area contributed by atoms with Gasteiger partial charge in [-0.05, 0) is 37.3 Å². The highest BCUT2D eigenvalue weighted by atomic mass is 16.5. The normalized spacial score (nSPS) is 30.2. The van der Waals surface area contributed by atoms with Crippen LogP contribution in [-0.2, 0) is 16.0 Å². The lowest BCUT2D eigenvalue weighted by molar-refractivity contribution is -0.150. The monoisotopic (exact) mass is 216 g/mol. The van der Waals surface area contributed by atoms with E-state index in [1.807, 2.05) is 6.92 Å².